The molecule has 2 aliphatic heterocycles. The number of phenols is 1. The maximum atomic E-state index is 13.5. The zero-order chi connectivity index (χ0) is 23.7. The Bertz CT molecular complexity index is 1210. The molecule has 8 nitrogen and oxygen atoms in total. The Balaban J connectivity index is 1.45. The molecule has 1 amide bonds. The van der Waals surface area contributed by atoms with Crippen LogP contribution >= 0.6 is 0 Å². The Morgan fingerprint density at radius 3 is 2.47 bits per heavy atom. The lowest BCUT2D eigenvalue weighted by atomic mass is 9.95. The van der Waals surface area contributed by atoms with Crippen LogP contribution in [0.4, 0.5) is 0 Å². The van der Waals surface area contributed by atoms with Crippen molar-refractivity contribution in [2.75, 3.05) is 39.4 Å². The van der Waals surface area contributed by atoms with E-state index in [2.05, 4.69) is 4.90 Å². The lowest BCUT2D eigenvalue weighted by molar-refractivity contribution is -0.129. The van der Waals surface area contributed by atoms with Crippen LogP contribution in [0, 0.1) is 0 Å². The van der Waals surface area contributed by atoms with Crippen LogP contribution in [0.5, 0.6) is 5.75 Å². The molecule has 0 radical (unpaired) electrons. The minimum atomic E-state index is -0.779. The molecule has 34 heavy (non-hydrogen) atoms. The molecular formula is C26H26N2O6. The van der Waals surface area contributed by atoms with Crippen molar-refractivity contribution in [3.05, 3.63) is 77.3 Å². The number of nitrogens with zero attached hydrogens (tertiary/aromatic N) is 2. The van der Waals surface area contributed by atoms with Crippen molar-refractivity contribution in [2.45, 2.75) is 12.5 Å². The van der Waals surface area contributed by atoms with Crippen LogP contribution in [0.15, 0.2) is 70.3 Å². The quantitative estimate of drug-likeness (QED) is 0.519. The Kier molecular flexibility index (Phi) is 6.08. The second-order valence-corrected chi connectivity index (χ2v) is 8.54. The Labute approximate surface area is 196 Å². The molecule has 0 bridgehead atoms. The highest BCUT2D eigenvalue weighted by Crippen LogP contribution is 2.40. The first-order valence-electron chi connectivity index (χ1n) is 11.4. The van der Waals surface area contributed by atoms with Crippen LogP contribution in [0.3, 0.4) is 0 Å². The van der Waals surface area contributed by atoms with Crippen molar-refractivity contribution in [1.82, 2.24) is 9.80 Å². The van der Waals surface area contributed by atoms with Crippen LogP contribution in [0.2, 0.25) is 0 Å². The number of hydrogen-bond acceptors (Lipinski definition) is 7. The van der Waals surface area contributed by atoms with E-state index in [0.29, 0.717) is 37.3 Å². The van der Waals surface area contributed by atoms with Crippen molar-refractivity contribution < 1.29 is 29.0 Å². The smallest absolute Gasteiger partial charge is 0.290 e. The third-order valence-corrected chi connectivity index (χ3v) is 6.38. The van der Waals surface area contributed by atoms with Crippen LogP contribution in [0.25, 0.3) is 11.0 Å². The number of carbonyl (C=O) groups is 2. The van der Waals surface area contributed by atoms with E-state index >= 15 is 0 Å². The fraction of sp³-hybridized carbons (Fsp3) is 0.308. The van der Waals surface area contributed by atoms with Gasteiger partial charge in [0.25, 0.3) is 5.91 Å². The summed E-state index contributed by atoms with van der Waals surface area (Å²) in [5, 5.41) is 21.3. The number of aliphatic hydroxyl groups excluding tert-OH is 1. The first-order chi connectivity index (χ1) is 16.5. The van der Waals surface area contributed by atoms with E-state index in [1.165, 1.54) is 17.0 Å². The highest BCUT2D eigenvalue weighted by Gasteiger charge is 2.44. The van der Waals surface area contributed by atoms with Crippen molar-refractivity contribution in [3.63, 3.8) is 0 Å². The van der Waals surface area contributed by atoms with E-state index in [1.807, 2.05) is 18.2 Å². The number of rotatable bonds is 7. The predicted molar refractivity (Wildman–Crippen MR) is 125 cm³/mol. The number of aliphatic hydroxyl groups is 1. The van der Waals surface area contributed by atoms with Gasteiger partial charge in [0.15, 0.2) is 11.5 Å². The molecule has 3 heterocycles. The Morgan fingerprint density at radius 2 is 1.74 bits per heavy atom. The highest BCUT2D eigenvalue weighted by molar-refractivity contribution is 6.16. The zero-order valence-electron chi connectivity index (χ0n) is 18.6. The van der Waals surface area contributed by atoms with Crippen molar-refractivity contribution >= 4 is 22.7 Å². The van der Waals surface area contributed by atoms with Crippen LogP contribution in [0.1, 0.15) is 28.6 Å². The van der Waals surface area contributed by atoms with E-state index in [-0.39, 0.29) is 17.1 Å². The minimum absolute atomic E-state index is 0.0129. The lowest BCUT2D eigenvalue weighted by Gasteiger charge is -2.30. The normalized spacial score (nSPS) is 19.4. The number of carbonyl (C=O) groups excluding carboxylic acids is 2. The van der Waals surface area contributed by atoms with Crippen molar-refractivity contribution in [3.8, 4) is 5.75 Å². The van der Waals surface area contributed by atoms with E-state index in [1.54, 1.807) is 24.3 Å². The largest absolute Gasteiger partial charge is 0.508 e. The van der Waals surface area contributed by atoms with Gasteiger partial charge in [0.2, 0.25) is 5.78 Å². The molecule has 1 saturated heterocycles. The topological polar surface area (TPSA) is 103 Å². The maximum Gasteiger partial charge on any atom is 0.290 e. The summed E-state index contributed by atoms with van der Waals surface area (Å²) in [7, 11) is 0. The van der Waals surface area contributed by atoms with Gasteiger partial charge >= 0.3 is 0 Å². The molecule has 0 saturated carbocycles. The first kappa shape index (κ1) is 22.2. The summed E-state index contributed by atoms with van der Waals surface area (Å²) in [6, 6.07) is 14.4. The molecule has 1 unspecified atom stereocenters. The minimum Gasteiger partial charge on any atom is -0.508 e. The maximum absolute atomic E-state index is 13.5. The summed E-state index contributed by atoms with van der Waals surface area (Å²) in [4.78, 5) is 30.4. The predicted octanol–water partition coefficient (Wildman–Crippen LogP) is 3.44. The van der Waals surface area contributed by atoms with Crippen molar-refractivity contribution in [2.24, 2.45) is 0 Å². The summed E-state index contributed by atoms with van der Waals surface area (Å²) in [5.41, 5.74) is 1.17. The number of furan rings is 1. The number of ether oxygens (including phenoxy) is 1. The molecule has 2 aromatic carbocycles. The van der Waals surface area contributed by atoms with Gasteiger partial charge in [-0.2, -0.15) is 0 Å². The molecule has 8 heteroatoms. The van der Waals surface area contributed by atoms with E-state index in [0.717, 1.165) is 25.0 Å². The third kappa shape index (κ3) is 4.18. The van der Waals surface area contributed by atoms with Gasteiger partial charge in [-0.3, -0.25) is 14.5 Å². The fourth-order valence-electron chi connectivity index (χ4n) is 4.64. The van der Waals surface area contributed by atoms with E-state index in [9.17, 15) is 19.8 Å². The van der Waals surface area contributed by atoms with Gasteiger partial charge in [-0.05, 0) is 36.2 Å². The molecule has 2 aliphatic rings. The summed E-state index contributed by atoms with van der Waals surface area (Å²) >= 11 is 0. The number of Topliss-reactive ketones (excluding diaryl/α,β-unsaturated/α-hetero) is 1. The van der Waals surface area contributed by atoms with Gasteiger partial charge in [0, 0.05) is 31.6 Å². The Hall–Kier alpha value is -3.62. The second kappa shape index (κ2) is 9.32. The number of para-hydroxylation sites is 1. The standard InChI is InChI=1S/C26H26N2O6/c29-19-8-6-17(7-9-19)23-22(24(30)21-16-18-4-1-2-5-20(18)34-21)25(31)26(32)28(23)11-3-10-27-12-14-33-15-13-27/h1-2,4-9,16,23,29,31H,3,10-15H2. The molecule has 1 atom stereocenters. The number of amides is 1. The van der Waals surface area contributed by atoms with Gasteiger partial charge in [-0.1, -0.05) is 30.3 Å². The van der Waals surface area contributed by atoms with Crippen LogP contribution < -0.4 is 0 Å². The van der Waals surface area contributed by atoms with Crippen LogP contribution in [-0.4, -0.2) is 71.1 Å². The fourth-order valence-corrected chi connectivity index (χ4v) is 4.64. The number of phenolic OH excluding ortho intramolecular Hbond substituents is 1. The molecule has 0 aliphatic carbocycles. The average Bonchev–Trinajstić information content (AvgIpc) is 3.40. The van der Waals surface area contributed by atoms with E-state index < -0.39 is 23.5 Å². The average molecular weight is 463 g/mol. The first-order valence-corrected chi connectivity index (χ1v) is 11.4. The number of ketones is 1. The second-order valence-electron chi connectivity index (χ2n) is 8.54. The van der Waals surface area contributed by atoms with E-state index in [4.69, 9.17) is 9.15 Å². The molecule has 5 rings (SSSR count). The van der Waals surface area contributed by atoms with Gasteiger partial charge < -0.3 is 24.3 Å². The lowest BCUT2D eigenvalue weighted by Crippen LogP contribution is -2.39. The highest BCUT2D eigenvalue weighted by atomic mass is 16.5. The monoisotopic (exact) mass is 462 g/mol. The third-order valence-electron chi connectivity index (χ3n) is 6.38. The number of hydrogen-bond donors (Lipinski definition) is 2. The van der Waals surface area contributed by atoms with Gasteiger partial charge in [0.1, 0.15) is 11.3 Å². The Morgan fingerprint density at radius 1 is 1.00 bits per heavy atom. The van der Waals surface area contributed by atoms with Crippen LogP contribution in [-0.2, 0) is 9.53 Å². The number of benzene rings is 2. The molecule has 2 N–H and O–H groups in total. The van der Waals surface area contributed by atoms with Gasteiger partial charge in [0.05, 0.1) is 24.8 Å². The zero-order valence-corrected chi connectivity index (χ0v) is 18.6. The summed E-state index contributed by atoms with van der Waals surface area (Å²) in [6.07, 6.45) is 0.680. The van der Waals surface area contributed by atoms with Crippen molar-refractivity contribution in [1.29, 1.82) is 0 Å². The summed E-state index contributed by atoms with van der Waals surface area (Å²) in [6.45, 7) is 4.21. The molecular weight excluding hydrogens is 436 g/mol. The number of morpholine rings is 1. The summed E-state index contributed by atoms with van der Waals surface area (Å²) in [5.74, 6) is -1.54. The molecule has 3 aromatic rings. The summed E-state index contributed by atoms with van der Waals surface area (Å²) < 4.78 is 11.1. The molecule has 1 fully saturated rings. The van der Waals surface area contributed by atoms with Gasteiger partial charge in [-0.25, -0.2) is 0 Å². The SMILES string of the molecule is O=C(C1=C(O)C(=O)N(CCCN2CCOCC2)C1c1ccc(O)cc1)c1cc2ccccc2o1. The number of fused-ring (bicyclic) bond motifs is 1. The van der Waals surface area contributed by atoms with Gasteiger partial charge in [-0.15, -0.1) is 0 Å². The molecule has 1 aromatic heterocycles. The molecule has 0 spiro atoms. The molecule has 176 valence electrons. The number of aromatic hydroxyl groups is 1.